The first-order valence-electron chi connectivity index (χ1n) is 13.6. The minimum atomic E-state index is 0.549. The first-order chi connectivity index (χ1) is 13.9. The van der Waals surface area contributed by atoms with Gasteiger partial charge in [-0.2, -0.15) is 0 Å². The highest BCUT2D eigenvalue weighted by molar-refractivity contribution is 5.27. The highest BCUT2D eigenvalue weighted by atomic mass is 14.7. The van der Waals surface area contributed by atoms with Gasteiger partial charge in [-0.15, -0.1) is 0 Å². The molecule has 8 atom stereocenters. The Balaban J connectivity index is 1.54. The smallest absolute Gasteiger partial charge is 0.0144 e. The van der Waals surface area contributed by atoms with Crippen LogP contribution in [-0.2, 0) is 0 Å². The summed E-state index contributed by atoms with van der Waals surface area (Å²) in [6.07, 6.45) is 16.3. The van der Waals surface area contributed by atoms with E-state index in [-0.39, 0.29) is 0 Å². The molecule has 0 heterocycles. The van der Waals surface area contributed by atoms with E-state index in [0.717, 1.165) is 23.7 Å². The lowest BCUT2D eigenvalue weighted by atomic mass is 9.32. The van der Waals surface area contributed by atoms with Crippen molar-refractivity contribution in [1.82, 2.24) is 0 Å². The van der Waals surface area contributed by atoms with Crippen molar-refractivity contribution in [1.29, 1.82) is 0 Å². The van der Waals surface area contributed by atoms with Gasteiger partial charge in [-0.05, 0) is 129 Å². The molecule has 0 aromatic rings. The van der Waals surface area contributed by atoms with E-state index >= 15 is 0 Å². The lowest BCUT2D eigenvalue weighted by Crippen LogP contribution is -2.65. The Bertz CT molecular complexity index is 752. The van der Waals surface area contributed by atoms with Crippen molar-refractivity contribution in [2.24, 2.45) is 50.7 Å². The Morgan fingerprint density at radius 2 is 1.23 bits per heavy atom. The molecule has 0 unspecified atom stereocenters. The van der Waals surface area contributed by atoms with Crippen LogP contribution in [-0.4, -0.2) is 0 Å². The maximum Gasteiger partial charge on any atom is -0.0144 e. The number of fused-ring (bicyclic) bond motifs is 7. The summed E-state index contributed by atoms with van der Waals surface area (Å²) in [6, 6.07) is 0. The minimum Gasteiger partial charge on any atom is -0.0769 e. The molecule has 0 aliphatic heterocycles. The molecular formula is C30H50. The van der Waals surface area contributed by atoms with Gasteiger partial charge in [0.25, 0.3) is 0 Å². The van der Waals surface area contributed by atoms with E-state index < -0.39 is 0 Å². The Kier molecular flexibility index (Phi) is 4.61. The van der Waals surface area contributed by atoms with E-state index in [1.165, 1.54) is 70.6 Å². The molecule has 5 rings (SSSR count). The van der Waals surface area contributed by atoms with Crippen molar-refractivity contribution in [2.45, 2.75) is 126 Å². The van der Waals surface area contributed by atoms with Crippen LogP contribution in [0.5, 0.6) is 0 Å². The zero-order chi connectivity index (χ0) is 21.7. The van der Waals surface area contributed by atoms with Gasteiger partial charge in [0, 0.05) is 0 Å². The summed E-state index contributed by atoms with van der Waals surface area (Å²) in [6.45, 7) is 21.1. The van der Waals surface area contributed by atoms with E-state index in [4.69, 9.17) is 0 Å². The molecule has 5 saturated carbocycles. The standard InChI is InChI=1S/C30H50/c1-20(2)21-12-17-27(5)22(21)13-18-29(7)24(27)10-11-25-28(6)16-9-15-26(3,4)23(28)14-19-30(25,29)8/h22-25H,9-19H2,1-8H3/t22-,23-,24+,25-,27-,28-,29+,30+/m0/s1. The van der Waals surface area contributed by atoms with Crippen LogP contribution >= 0.6 is 0 Å². The number of allylic oxidation sites excluding steroid dienone is 2. The Morgan fingerprint density at radius 3 is 1.87 bits per heavy atom. The average molecular weight is 411 g/mol. The van der Waals surface area contributed by atoms with Gasteiger partial charge >= 0.3 is 0 Å². The second kappa shape index (κ2) is 6.41. The van der Waals surface area contributed by atoms with E-state index in [1.807, 2.05) is 5.57 Å². The third-order valence-electron chi connectivity index (χ3n) is 13.2. The van der Waals surface area contributed by atoms with Crippen LogP contribution in [0, 0.1) is 50.7 Å². The van der Waals surface area contributed by atoms with Gasteiger partial charge in [0.2, 0.25) is 0 Å². The van der Waals surface area contributed by atoms with Crippen molar-refractivity contribution in [2.75, 3.05) is 0 Å². The van der Waals surface area contributed by atoms with E-state index in [9.17, 15) is 0 Å². The molecule has 0 heteroatoms. The lowest BCUT2D eigenvalue weighted by Gasteiger charge is -2.73. The molecular weight excluding hydrogens is 360 g/mol. The van der Waals surface area contributed by atoms with Gasteiger partial charge in [0.05, 0.1) is 0 Å². The fourth-order valence-electron chi connectivity index (χ4n) is 11.7. The Hall–Kier alpha value is -0.260. The Morgan fingerprint density at radius 1 is 0.633 bits per heavy atom. The topological polar surface area (TPSA) is 0 Å². The van der Waals surface area contributed by atoms with Crippen LogP contribution in [0.25, 0.3) is 0 Å². The van der Waals surface area contributed by atoms with E-state index in [1.54, 1.807) is 5.57 Å². The summed E-state index contributed by atoms with van der Waals surface area (Å²) >= 11 is 0. The normalized spacial score (nSPS) is 54.6. The summed E-state index contributed by atoms with van der Waals surface area (Å²) in [5, 5.41) is 0. The molecule has 0 saturated heterocycles. The third-order valence-corrected chi connectivity index (χ3v) is 13.2. The predicted molar refractivity (Wildman–Crippen MR) is 129 cm³/mol. The molecule has 0 N–H and O–H groups in total. The molecule has 0 aromatic carbocycles. The van der Waals surface area contributed by atoms with Crippen molar-refractivity contribution in [3.63, 3.8) is 0 Å². The summed E-state index contributed by atoms with van der Waals surface area (Å²) in [7, 11) is 0. The molecule has 170 valence electrons. The number of rotatable bonds is 0. The zero-order valence-electron chi connectivity index (χ0n) is 21.6. The van der Waals surface area contributed by atoms with Crippen LogP contribution in [0.3, 0.4) is 0 Å². The SMILES string of the molecule is CC(C)=C1CC[C@]2(C)[C@H]3CC[C@H]4[C@@]5(C)CCCC(C)(C)[C@@H]5CC[C@@]4(C)[C@]3(C)CC[C@@H]12. The molecule has 30 heavy (non-hydrogen) atoms. The quantitative estimate of drug-likeness (QED) is 0.349. The monoisotopic (exact) mass is 410 g/mol. The molecule has 0 nitrogen and oxygen atoms in total. The second-order valence-corrected chi connectivity index (χ2v) is 14.6. The average Bonchev–Trinajstić information content (AvgIpc) is 2.99. The summed E-state index contributed by atoms with van der Waals surface area (Å²) in [4.78, 5) is 0. The molecule has 0 bridgehead atoms. The van der Waals surface area contributed by atoms with Gasteiger partial charge in [0.1, 0.15) is 0 Å². The fourth-order valence-corrected chi connectivity index (χ4v) is 11.7. The van der Waals surface area contributed by atoms with Crippen molar-refractivity contribution >= 4 is 0 Å². The summed E-state index contributed by atoms with van der Waals surface area (Å²) in [5.41, 5.74) is 6.31. The number of hydrogen-bond acceptors (Lipinski definition) is 0. The van der Waals surface area contributed by atoms with Crippen LogP contribution in [0.15, 0.2) is 11.1 Å². The highest BCUT2D eigenvalue weighted by Gasteiger charge is 2.69. The molecule has 0 aromatic heterocycles. The molecule has 0 amide bonds. The summed E-state index contributed by atoms with van der Waals surface area (Å²) in [5.74, 6) is 3.74. The predicted octanol–water partition coefficient (Wildman–Crippen LogP) is 9.20. The largest absolute Gasteiger partial charge is 0.0769 e. The fraction of sp³-hybridized carbons (Fsp3) is 0.933. The molecule has 5 aliphatic rings. The molecule has 0 radical (unpaired) electrons. The second-order valence-electron chi connectivity index (χ2n) is 14.6. The van der Waals surface area contributed by atoms with Gasteiger partial charge in [0.15, 0.2) is 0 Å². The van der Waals surface area contributed by atoms with Gasteiger partial charge in [-0.25, -0.2) is 0 Å². The molecule has 0 spiro atoms. The van der Waals surface area contributed by atoms with Crippen LogP contribution < -0.4 is 0 Å². The Labute approximate surface area is 188 Å². The zero-order valence-corrected chi connectivity index (χ0v) is 21.6. The van der Waals surface area contributed by atoms with Crippen molar-refractivity contribution < 1.29 is 0 Å². The van der Waals surface area contributed by atoms with Crippen molar-refractivity contribution in [3.05, 3.63) is 11.1 Å². The van der Waals surface area contributed by atoms with Gasteiger partial charge in [-0.3, -0.25) is 0 Å². The van der Waals surface area contributed by atoms with Crippen molar-refractivity contribution in [3.8, 4) is 0 Å². The maximum atomic E-state index is 2.80. The van der Waals surface area contributed by atoms with Crippen LogP contribution in [0.4, 0.5) is 0 Å². The highest BCUT2D eigenvalue weighted by Crippen LogP contribution is 2.77. The van der Waals surface area contributed by atoms with E-state index in [2.05, 4.69) is 55.4 Å². The van der Waals surface area contributed by atoms with E-state index in [0.29, 0.717) is 27.1 Å². The number of hydrogen-bond donors (Lipinski definition) is 0. The van der Waals surface area contributed by atoms with Gasteiger partial charge < -0.3 is 0 Å². The first-order valence-corrected chi connectivity index (χ1v) is 13.6. The molecule has 5 aliphatic carbocycles. The first kappa shape index (κ1) is 21.6. The maximum absolute atomic E-state index is 2.80. The minimum absolute atomic E-state index is 0.549. The lowest BCUT2D eigenvalue weighted by molar-refractivity contribution is -0.238. The van der Waals surface area contributed by atoms with Gasteiger partial charge in [-0.1, -0.05) is 59.1 Å². The van der Waals surface area contributed by atoms with Crippen LogP contribution in [0.1, 0.15) is 126 Å². The van der Waals surface area contributed by atoms with Crippen LogP contribution in [0.2, 0.25) is 0 Å². The summed E-state index contributed by atoms with van der Waals surface area (Å²) < 4.78 is 0. The molecule has 5 fully saturated rings. The third kappa shape index (κ3) is 2.46.